The van der Waals surface area contributed by atoms with Gasteiger partial charge in [0.2, 0.25) is 5.91 Å². The lowest BCUT2D eigenvalue weighted by molar-refractivity contribution is -0.137. The van der Waals surface area contributed by atoms with Gasteiger partial charge < -0.3 is 14.6 Å². The predicted octanol–water partition coefficient (Wildman–Crippen LogP) is 3.90. The monoisotopic (exact) mass is 592 g/mol. The lowest BCUT2D eigenvalue weighted by atomic mass is 9.85. The van der Waals surface area contributed by atoms with Crippen molar-refractivity contribution in [2.45, 2.75) is 62.2 Å². The summed E-state index contributed by atoms with van der Waals surface area (Å²) in [5.41, 5.74) is 0.269. The summed E-state index contributed by atoms with van der Waals surface area (Å²) in [5, 5.41) is 11.0. The molecule has 5 rings (SSSR count). The van der Waals surface area contributed by atoms with Gasteiger partial charge in [-0.2, -0.15) is 13.2 Å². The Morgan fingerprint density at radius 2 is 1.95 bits per heavy atom. The second-order valence-electron chi connectivity index (χ2n) is 10.1. The molecule has 3 aromatic rings. The van der Waals surface area contributed by atoms with Gasteiger partial charge in [0.25, 0.3) is 10.0 Å². The van der Waals surface area contributed by atoms with E-state index < -0.39 is 38.6 Å². The van der Waals surface area contributed by atoms with Crippen LogP contribution in [0, 0.1) is 0 Å². The van der Waals surface area contributed by atoms with Crippen molar-refractivity contribution >= 4 is 15.9 Å². The number of benzene rings is 1. The van der Waals surface area contributed by atoms with Crippen LogP contribution in [0.2, 0.25) is 0 Å². The second kappa shape index (κ2) is 11.3. The number of sulfonamides is 1. The number of alkyl halides is 3. The maximum absolute atomic E-state index is 13.4. The summed E-state index contributed by atoms with van der Waals surface area (Å²) in [7, 11) is -4.50. The van der Waals surface area contributed by atoms with E-state index in [2.05, 4.69) is 34.4 Å². The molecule has 1 amide bonds. The summed E-state index contributed by atoms with van der Waals surface area (Å²) in [6, 6.07) is 3.95. The zero-order chi connectivity index (χ0) is 29.4. The van der Waals surface area contributed by atoms with Crippen LogP contribution in [-0.4, -0.2) is 64.2 Å². The molecule has 1 aromatic carbocycles. The van der Waals surface area contributed by atoms with Crippen LogP contribution in [0.5, 0.6) is 0 Å². The van der Waals surface area contributed by atoms with Gasteiger partial charge in [-0.1, -0.05) is 25.1 Å². The Balaban J connectivity index is 1.37. The Morgan fingerprint density at radius 3 is 2.68 bits per heavy atom. The Labute approximate surface area is 235 Å². The third kappa shape index (κ3) is 5.75. The normalized spacial score (nSPS) is 21.3. The van der Waals surface area contributed by atoms with Crippen LogP contribution in [0.15, 0.2) is 64.5 Å². The highest BCUT2D eigenvalue weighted by Crippen LogP contribution is 2.40. The van der Waals surface area contributed by atoms with Crippen LogP contribution in [-0.2, 0) is 27.4 Å². The largest absolute Gasteiger partial charge is 0.469 e. The zero-order valence-electron chi connectivity index (χ0n) is 22.6. The molecule has 1 aliphatic carbocycles. The van der Waals surface area contributed by atoms with Gasteiger partial charge in [-0.15, -0.1) is 5.10 Å². The quantitative estimate of drug-likeness (QED) is 0.401. The molecule has 0 spiro atoms. The number of aromatic nitrogens is 3. The molecule has 1 N–H and O–H groups in total. The number of nitrogens with zero attached hydrogens (tertiary/aromatic N) is 5. The molecule has 3 unspecified atom stereocenters. The molecule has 1 aliphatic heterocycles. The number of furan rings is 1. The number of carbonyl (C=O) groups excluding carboxylic acids is 1. The van der Waals surface area contributed by atoms with Crippen LogP contribution >= 0.6 is 0 Å². The van der Waals surface area contributed by atoms with Crippen LogP contribution in [0.3, 0.4) is 0 Å². The summed E-state index contributed by atoms with van der Waals surface area (Å²) in [5.74, 6) is 0.540. The van der Waals surface area contributed by atoms with Gasteiger partial charge in [0.05, 0.1) is 28.5 Å². The standard InChI is InChI=1S/C27H31F3N6O4S/c1-3-34(4-2)16-18-8-9-23(22-10-13-40-25(18)22)35-17-20(32-33-35)15-24-26(37)31-11-12-36(24)41(38,39)21-7-5-6-19(14-21)27(28,29)30/h5-7,10-14,17-18,23-24H,3-4,8-9,15-16H2,1-2H3,(H,31,37). The number of halogens is 3. The van der Waals surface area contributed by atoms with Gasteiger partial charge >= 0.3 is 6.18 Å². The van der Waals surface area contributed by atoms with Gasteiger partial charge in [-0.3, -0.25) is 9.10 Å². The predicted molar refractivity (Wildman–Crippen MR) is 142 cm³/mol. The van der Waals surface area contributed by atoms with Crippen LogP contribution in [0.25, 0.3) is 0 Å². The van der Waals surface area contributed by atoms with Gasteiger partial charge in [0.1, 0.15) is 11.8 Å². The van der Waals surface area contributed by atoms with E-state index >= 15 is 0 Å². The van der Waals surface area contributed by atoms with Crippen molar-refractivity contribution < 1.29 is 30.8 Å². The molecule has 0 radical (unpaired) electrons. The molecule has 2 aliphatic rings. The first kappa shape index (κ1) is 28.9. The maximum atomic E-state index is 13.4. The highest BCUT2D eigenvalue weighted by atomic mass is 32.2. The Kier molecular flexibility index (Phi) is 7.97. The molecule has 0 saturated carbocycles. The van der Waals surface area contributed by atoms with E-state index in [1.807, 2.05) is 6.07 Å². The first-order valence-electron chi connectivity index (χ1n) is 13.4. The molecular formula is C27H31F3N6O4S. The Hall–Kier alpha value is -3.65. The van der Waals surface area contributed by atoms with E-state index in [0.717, 1.165) is 78.7 Å². The van der Waals surface area contributed by atoms with Crippen molar-refractivity contribution in [2.75, 3.05) is 19.6 Å². The van der Waals surface area contributed by atoms with Crippen LogP contribution < -0.4 is 5.32 Å². The van der Waals surface area contributed by atoms with Crippen molar-refractivity contribution in [3.8, 4) is 0 Å². The highest BCUT2D eigenvalue weighted by Gasteiger charge is 2.39. The minimum Gasteiger partial charge on any atom is -0.469 e. The maximum Gasteiger partial charge on any atom is 0.416 e. The van der Waals surface area contributed by atoms with E-state index in [0.29, 0.717) is 11.8 Å². The summed E-state index contributed by atoms with van der Waals surface area (Å²) >= 11 is 0. The highest BCUT2D eigenvalue weighted by molar-refractivity contribution is 7.89. The summed E-state index contributed by atoms with van der Waals surface area (Å²) < 4.78 is 74.9. The number of hydrogen-bond donors (Lipinski definition) is 1. The SMILES string of the molecule is CCN(CC)CC1CCC(n2cc(CC3C(=O)NC=CN3S(=O)(=O)c3cccc(C(F)(F)F)c3)nn2)c2ccoc21. The number of fused-ring (bicyclic) bond motifs is 1. The molecule has 3 heterocycles. The van der Waals surface area contributed by atoms with Crippen molar-refractivity contribution in [1.29, 1.82) is 0 Å². The smallest absolute Gasteiger partial charge is 0.416 e. The van der Waals surface area contributed by atoms with E-state index in [-0.39, 0.29) is 18.4 Å². The number of nitrogens with one attached hydrogen (secondary N) is 1. The van der Waals surface area contributed by atoms with Crippen molar-refractivity contribution in [2.24, 2.45) is 0 Å². The summed E-state index contributed by atoms with van der Waals surface area (Å²) in [6.07, 6.45) is 2.43. The summed E-state index contributed by atoms with van der Waals surface area (Å²) in [6.45, 7) is 7.04. The molecular weight excluding hydrogens is 561 g/mol. The van der Waals surface area contributed by atoms with Gasteiger partial charge in [-0.05, 0) is 50.2 Å². The second-order valence-corrected chi connectivity index (χ2v) is 12.0. The first-order chi connectivity index (χ1) is 19.5. The first-order valence-corrected chi connectivity index (χ1v) is 14.8. The fourth-order valence-electron chi connectivity index (χ4n) is 5.48. The number of carbonyl (C=O) groups is 1. The Bertz CT molecular complexity index is 1530. The molecule has 220 valence electrons. The van der Waals surface area contributed by atoms with Crippen LogP contribution in [0.4, 0.5) is 13.2 Å². The fourth-order valence-corrected chi connectivity index (χ4v) is 6.97. The average Bonchev–Trinajstić information content (AvgIpc) is 3.63. The molecule has 14 heteroatoms. The molecule has 0 bridgehead atoms. The number of hydrogen-bond acceptors (Lipinski definition) is 7. The lowest BCUT2D eigenvalue weighted by Gasteiger charge is -2.31. The van der Waals surface area contributed by atoms with Crippen molar-refractivity contribution in [3.05, 3.63) is 77.8 Å². The van der Waals surface area contributed by atoms with Gasteiger partial charge in [-0.25, -0.2) is 13.1 Å². The number of rotatable bonds is 9. The molecule has 3 atom stereocenters. The minimum absolute atomic E-state index is 0.135. The Morgan fingerprint density at radius 1 is 1.17 bits per heavy atom. The van der Waals surface area contributed by atoms with E-state index in [9.17, 15) is 26.4 Å². The van der Waals surface area contributed by atoms with Gasteiger partial charge in [0, 0.05) is 43.0 Å². The average molecular weight is 593 g/mol. The minimum atomic E-state index is -4.72. The van der Waals surface area contributed by atoms with E-state index in [4.69, 9.17) is 4.42 Å². The van der Waals surface area contributed by atoms with E-state index in [1.54, 1.807) is 17.1 Å². The van der Waals surface area contributed by atoms with Gasteiger partial charge in [0.15, 0.2) is 0 Å². The van der Waals surface area contributed by atoms with Crippen molar-refractivity contribution in [1.82, 2.24) is 29.5 Å². The number of likely N-dealkylation sites (N-methyl/N-ethyl adjacent to an activating group) is 1. The molecule has 2 aromatic heterocycles. The zero-order valence-corrected chi connectivity index (χ0v) is 23.4. The van der Waals surface area contributed by atoms with E-state index in [1.165, 1.54) is 0 Å². The third-order valence-corrected chi connectivity index (χ3v) is 9.47. The molecule has 10 nitrogen and oxygen atoms in total. The lowest BCUT2D eigenvalue weighted by Crippen LogP contribution is -2.50. The molecule has 41 heavy (non-hydrogen) atoms. The number of amides is 1. The third-order valence-electron chi connectivity index (χ3n) is 7.69. The van der Waals surface area contributed by atoms with Crippen molar-refractivity contribution in [3.63, 3.8) is 0 Å². The fraction of sp³-hybridized carbons (Fsp3) is 0.444. The topological polar surface area (TPSA) is 114 Å². The summed E-state index contributed by atoms with van der Waals surface area (Å²) in [4.78, 5) is 14.6. The molecule has 0 fully saturated rings. The van der Waals surface area contributed by atoms with Crippen LogP contribution in [0.1, 0.15) is 61.2 Å². The molecule has 0 saturated heterocycles.